The standard InChI is InChI=1S/C23H29ClN2O3/c1-16(22(28)25-23(2,3)4)26(15-18-6-10-19(24)11-7-18)21(27)14-17-8-12-20(29-5)13-9-17/h6-13,16H,14-15H2,1-5H3,(H,25,28)/t16-/m1/s1. The third-order valence-electron chi connectivity index (χ3n) is 4.45. The van der Waals surface area contributed by atoms with Crippen molar-refractivity contribution in [1.29, 1.82) is 0 Å². The van der Waals surface area contributed by atoms with E-state index in [2.05, 4.69) is 5.32 Å². The van der Waals surface area contributed by atoms with Crippen LogP contribution in [0.1, 0.15) is 38.8 Å². The number of methoxy groups -OCH3 is 1. The molecule has 6 heteroatoms. The summed E-state index contributed by atoms with van der Waals surface area (Å²) in [4.78, 5) is 27.5. The van der Waals surface area contributed by atoms with Crippen molar-refractivity contribution in [2.75, 3.05) is 7.11 Å². The van der Waals surface area contributed by atoms with Crippen molar-refractivity contribution in [3.63, 3.8) is 0 Å². The summed E-state index contributed by atoms with van der Waals surface area (Å²) in [5.41, 5.74) is 1.39. The number of nitrogens with zero attached hydrogens (tertiary/aromatic N) is 1. The van der Waals surface area contributed by atoms with E-state index in [-0.39, 0.29) is 23.8 Å². The largest absolute Gasteiger partial charge is 0.497 e. The molecule has 0 unspecified atom stereocenters. The molecule has 29 heavy (non-hydrogen) atoms. The lowest BCUT2D eigenvalue weighted by atomic mass is 10.1. The SMILES string of the molecule is COc1ccc(CC(=O)N(Cc2ccc(Cl)cc2)[C@H](C)C(=O)NC(C)(C)C)cc1. The number of rotatable bonds is 7. The van der Waals surface area contributed by atoms with Gasteiger partial charge in [0.05, 0.1) is 13.5 Å². The number of carbonyl (C=O) groups excluding carboxylic acids is 2. The smallest absolute Gasteiger partial charge is 0.242 e. The Hall–Kier alpha value is -2.53. The average Bonchev–Trinajstić information content (AvgIpc) is 2.66. The van der Waals surface area contributed by atoms with Crippen molar-refractivity contribution in [3.8, 4) is 5.75 Å². The van der Waals surface area contributed by atoms with Crippen molar-refractivity contribution in [2.24, 2.45) is 0 Å². The summed E-state index contributed by atoms with van der Waals surface area (Å²) in [6, 6.07) is 14.0. The Bertz CT molecular complexity index is 827. The van der Waals surface area contributed by atoms with Crippen LogP contribution in [0.25, 0.3) is 0 Å². The molecule has 0 radical (unpaired) electrons. The fourth-order valence-corrected chi connectivity index (χ4v) is 2.99. The summed E-state index contributed by atoms with van der Waals surface area (Å²) in [5.74, 6) is 0.424. The highest BCUT2D eigenvalue weighted by Gasteiger charge is 2.28. The zero-order valence-corrected chi connectivity index (χ0v) is 18.4. The molecule has 2 rings (SSSR count). The summed E-state index contributed by atoms with van der Waals surface area (Å²) in [5, 5.41) is 3.59. The first-order chi connectivity index (χ1) is 13.6. The number of carbonyl (C=O) groups is 2. The summed E-state index contributed by atoms with van der Waals surface area (Å²) in [6.07, 6.45) is 0.199. The lowest BCUT2D eigenvalue weighted by Gasteiger charge is -2.31. The minimum Gasteiger partial charge on any atom is -0.497 e. The highest BCUT2D eigenvalue weighted by atomic mass is 35.5. The molecule has 0 spiro atoms. The van der Waals surface area contributed by atoms with E-state index in [0.717, 1.165) is 16.9 Å². The Balaban J connectivity index is 2.22. The molecule has 0 aromatic heterocycles. The van der Waals surface area contributed by atoms with E-state index >= 15 is 0 Å². The predicted molar refractivity (Wildman–Crippen MR) is 116 cm³/mol. The first-order valence-electron chi connectivity index (χ1n) is 9.58. The Morgan fingerprint density at radius 1 is 1.03 bits per heavy atom. The third kappa shape index (κ3) is 7.09. The van der Waals surface area contributed by atoms with Crippen molar-refractivity contribution in [3.05, 3.63) is 64.7 Å². The van der Waals surface area contributed by atoms with E-state index in [4.69, 9.17) is 16.3 Å². The van der Waals surface area contributed by atoms with E-state index in [1.807, 2.05) is 57.2 Å². The number of amides is 2. The molecule has 2 amide bonds. The van der Waals surface area contributed by atoms with E-state index in [1.54, 1.807) is 31.1 Å². The van der Waals surface area contributed by atoms with Crippen LogP contribution >= 0.6 is 11.6 Å². The van der Waals surface area contributed by atoms with Gasteiger partial charge in [0.15, 0.2) is 0 Å². The maximum absolute atomic E-state index is 13.1. The maximum atomic E-state index is 13.1. The summed E-state index contributed by atoms with van der Waals surface area (Å²) in [6.45, 7) is 7.83. The number of ether oxygens (including phenoxy) is 1. The molecule has 0 bridgehead atoms. The van der Waals surface area contributed by atoms with E-state index in [1.165, 1.54) is 0 Å². The molecule has 1 atom stereocenters. The van der Waals surface area contributed by atoms with Gasteiger partial charge in [-0.2, -0.15) is 0 Å². The van der Waals surface area contributed by atoms with Crippen molar-refractivity contribution in [1.82, 2.24) is 10.2 Å². The molecule has 0 aliphatic carbocycles. The van der Waals surface area contributed by atoms with E-state index in [0.29, 0.717) is 11.6 Å². The monoisotopic (exact) mass is 416 g/mol. The quantitative estimate of drug-likeness (QED) is 0.735. The Labute approximate surface area is 178 Å². The highest BCUT2D eigenvalue weighted by molar-refractivity contribution is 6.30. The second kappa shape index (κ2) is 9.79. The van der Waals surface area contributed by atoms with Crippen LogP contribution in [0.15, 0.2) is 48.5 Å². The first kappa shape index (κ1) is 22.8. The van der Waals surface area contributed by atoms with Crippen LogP contribution in [0.4, 0.5) is 0 Å². The van der Waals surface area contributed by atoms with Crippen molar-refractivity contribution < 1.29 is 14.3 Å². The molecule has 0 fully saturated rings. The highest BCUT2D eigenvalue weighted by Crippen LogP contribution is 2.17. The molecule has 1 N–H and O–H groups in total. The minimum absolute atomic E-state index is 0.123. The zero-order valence-electron chi connectivity index (χ0n) is 17.7. The Morgan fingerprint density at radius 3 is 2.10 bits per heavy atom. The maximum Gasteiger partial charge on any atom is 0.242 e. The molecule has 2 aromatic carbocycles. The van der Waals surface area contributed by atoms with Crippen LogP contribution < -0.4 is 10.1 Å². The number of hydrogen-bond acceptors (Lipinski definition) is 3. The van der Waals surface area contributed by atoms with Gasteiger partial charge >= 0.3 is 0 Å². The van der Waals surface area contributed by atoms with Crippen molar-refractivity contribution in [2.45, 2.75) is 52.2 Å². The van der Waals surface area contributed by atoms with Crippen LogP contribution in [0.5, 0.6) is 5.75 Å². The normalized spacial score (nSPS) is 12.2. The third-order valence-corrected chi connectivity index (χ3v) is 4.70. The van der Waals surface area contributed by atoms with Gasteiger partial charge in [-0.1, -0.05) is 35.9 Å². The van der Waals surface area contributed by atoms with Gasteiger partial charge in [0, 0.05) is 17.1 Å². The lowest BCUT2D eigenvalue weighted by Crippen LogP contribution is -2.52. The topological polar surface area (TPSA) is 58.6 Å². The van der Waals surface area contributed by atoms with Crippen LogP contribution in [-0.2, 0) is 22.6 Å². The molecular formula is C23H29ClN2O3. The molecule has 0 aliphatic rings. The molecule has 2 aromatic rings. The lowest BCUT2D eigenvalue weighted by molar-refractivity contribution is -0.140. The molecule has 0 aliphatic heterocycles. The van der Waals surface area contributed by atoms with Gasteiger partial charge in [-0.25, -0.2) is 0 Å². The fourth-order valence-electron chi connectivity index (χ4n) is 2.86. The minimum atomic E-state index is -0.615. The molecular weight excluding hydrogens is 388 g/mol. The van der Waals surface area contributed by atoms with Gasteiger partial charge in [0.1, 0.15) is 11.8 Å². The predicted octanol–water partition coefficient (Wildman–Crippen LogP) is 4.22. The first-order valence-corrected chi connectivity index (χ1v) is 9.96. The van der Waals surface area contributed by atoms with Gasteiger partial charge in [0.25, 0.3) is 0 Å². The molecule has 0 saturated heterocycles. The number of hydrogen-bond donors (Lipinski definition) is 1. The molecule has 0 heterocycles. The second-order valence-corrected chi connectivity index (χ2v) is 8.52. The zero-order chi connectivity index (χ0) is 21.6. The summed E-state index contributed by atoms with van der Waals surface area (Å²) < 4.78 is 5.17. The average molecular weight is 417 g/mol. The van der Waals surface area contributed by atoms with E-state index in [9.17, 15) is 9.59 Å². The Morgan fingerprint density at radius 2 is 1.59 bits per heavy atom. The Kier molecular flexibility index (Phi) is 7.68. The van der Waals surface area contributed by atoms with Gasteiger partial charge < -0.3 is 15.0 Å². The van der Waals surface area contributed by atoms with Crippen molar-refractivity contribution >= 4 is 23.4 Å². The molecule has 0 saturated carbocycles. The summed E-state index contributed by atoms with van der Waals surface area (Å²) in [7, 11) is 1.60. The van der Waals surface area contributed by atoms with Gasteiger partial charge in [-0.05, 0) is 63.1 Å². The fraction of sp³-hybridized carbons (Fsp3) is 0.391. The van der Waals surface area contributed by atoms with Crippen LogP contribution in [0, 0.1) is 0 Å². The number of benzene rings is 2. The number of halogens is 1. The van der Waals surface area contributed by atoms with Gasteiger partial charge in [-0.3, -0.25) is 9.59 Å². The van der Waals surface area contributed by atoms with E-state index < -0.39 is 6.04 Å². The van der Waals surface area contributed by atoms with Crippen LogP contribution in [0.3, 0.4) is 0 Å². The molecule has 156 valence electrons. The summed E-state index contributed by atoms with van der Waals surface area (Å²) >= 11 is 5.97. The van der Waals surface area contributed by atoms with Gasteiger partial charge in [-0.15, -0.1) is 0 Å². The van der Waals surface area contributed by atoms with Crippen LogP contribution in [-0.4, -0.2) is 35.4 Å². The second-order valence-electron chi connectivity index (χ2n) is 8.09. The molecule has 5 nitrogen and oxygen atoms in total. The van der Waals surface area contributed by atoms with Gasteiger partial charge in [0.2, 0.25) is 11.8 Å². The number of nitrogens with one attached hydrogen (secondary N) is 1. The van der Waals surface area contributed by atoms with Crippen LogP contribution in [0.2, 0.25) is 5.02 Å².